The van der Waals surface area contributed by atoms with Gasteiger partial charge in [-0.2, -0.15) is 10.5 Å². The lowest BCUT2D eigenvalue weighted by molar-refractivity contribution is 0.610. The molecule has 6 rings (SSSR count). The van der Waals surface area contributed by atoms with E-state index in [1.807, 2.05) is 0 Å². The highest BCUT2D eigenvalue weighted by Crippen LogP contribution is 2.43. The van der Waals surface area contributed by atoms with Crippen molar-refractivity contribution in [3.8, 4) is 12.1 Å². The molecule has 0 bridgehead atoms. The van der Waals surface area contributed by atoms with E-state index in [2.05, 4.69) is 38.1 Å². The van der Waals surface area contributed by atoms with Crippen LogP contribution in [-0.4, -0.2) is 33.4 Å². The van der Waals surface area contributed by atoms with E-state index < -0.39 is 11.0 Å². The topological polar surface area (TPSA) is 115 Å². The van der Waals surface area contributed by atoms with Gasteiger partial charge in [0.1, 0.15) is 31.0 Å². The second-order valence-electron chi connectivity index (χ2n) is 9.59. The van der Waals surface area contributed by atoms with E-state index in [9.17, 15) is 14.9 Å². The van der Waals surface area contributed by atoms with Crippen LogP contribution in [0.15, 0.2) is 48.8 Å². The third kappa shape index (κ3) is 4.14. The largest absolute Gasteiger partial charge is 0.378 e. The normalized spacial score (nSPS) is 17.4. The van der Waals surface area contributed by atoms with Crippen LogP contribution >= 0.6 is 11.6 Å². The number of nitriles is 2. The van der Waals surface area contributed by atoms with Crippen molar-refractivity contribution in [1.82, 2.24) is 20.0 Å². The molecule has 8 nitrogen and oxygen atoms in total. The van der Waals surface area contributed by atoms with Crippen LogP contribution in [-0.2, 0) is 5.44 Å². The third-order valence-corrected chi connectivity index (χ3v) is 7.14. The molecule has 0 saturated heterocycles. The molecule has 11 heteroatoms. The average molecular weight is 509 g/mol. The molecule has 0 aliphatic heterocycles. The molecule has 2 aromatic carbocycles. The molecular formula is C26H19BClFN8. The first-order valence-corrected chi connectivity index (χ1v) is 12.2. The maximum Gasteiger partial charge on any atom is 0.125 e. The lowest BCUT2D eigenvalue weighted by Crippen LogP contribution is -2.37. The Hall–Kier alpha value is -4.15. The number of fused-ring (bicyclic) bond motifs is 1. The molecule has 2 aliphatic rings. The van der Waals surface area contributed by atoms with Crippen molar-refractivity contribution in [3.05, 3.63) is 76.5 Å². The Bertz CT molecular complexity index is 1610. The van der Waals surface area contributed by atoms with Gasteiger partial charge in [0.25, 0.3) is 0 Å². The monoisotopic (exact) mass is 508 g/mol. The number of hydrogen-bond donors (Lipinski definition) is 2. The van der Waals surface area contributed by atoms with Gasteiger partial charge >= 0.3 is 0 Å². The fraction of sp³-hybridized carbons (Fsp3) is 0.269. The highest BCUT2D eigenvalue weighted by Gasteiger charge is 2.44. The summed E-state index contributed by atoms with van der Waals surface area (Å²) in [6, 6.07) is 14.0. The van der Waals surface area contributed by atoms with Crippen molar-refractivity contribution < 1.29 is 4.39 Å². The number of pyridine rings is 1. The van der Waals surface area contributed by atoms with Gasteiger partial charge in [-0.3, -0.25) is 4.98 Å². The van der Waals surface area contributed by atoms with E-state index in [-0.39, 0.29) is 5.82 Å². The zero-order valence-electron chi connectivity index (χ0n) is 19.5. The van der Waals surface area contributed by atoms with E-state index in [4.69, 9.17) is 19.4 Å². The average Bonchev–Trinajstić information content (AvgIpc) is 3.83. The minimum atomic E-state index is -1.38. The van der Waals surface area contributed by atoms with Gasteiger partial charge in [-0.15, -0.1) is 5.10 Å². The van der Waals surface area contributed by atoms with E-state index in [1.165, 1.54) is 18.3 Å². The molecular weight excluding hydrogens is 490 g/mol. The van der Waals surface area contributed by atoms with Gasteiger partial charge in [0.15, 0.2) is 0 Å². The van der Waals surface area contributed by atoms with Gasteiger partial charge in [-0.1, -0.05) is 28.9 Å². The van der Waals surface area contributed by atoms with Gasteiger partial charge in [0.2, 0.25) is 0 Å². The number of hydrogen-bond acceptors (Lipinski definition) is 7. The molecule has 180 valence electrons. The van der Waals surface area contributed by atoms with Crippen LogP contribution in [0.2, 0.25) is 5.02 Å². The molecule has 2 aromatic heterocycles. The maximum absolute atomic E-state index is 13.8. The maximum atomic E-state index is 13.8. The number of halogens is 2. The van der Waals surface area contributed by atoms with Crippen LogP contribution in [0.4, 0.5) is 15.8 Å². The lowest BCUT2D eigenvalue weighted by Gasteiger charge is -2.32. The molecule has 0 amide bonds. The summed E-state index contributed by atoms with van der Waals surface area (Å²) in [5, 5.41) is 35.4. The Morgan fingerprint density at radius 2 is 1.95 bits per heavy atom. The van der Waals surface area contributed by atoms with Gasteiger partial charge in [0.05, 0.1) is 45.5 Å². The van der Waals surface area contributed by atoms with Crippen molar-refractivity contribution in [1.29, 1.82) is 10.5 Å². The number of aromatic nitrogens is 4. The molecule has 4 aromatic rings. The Morgan fingerprint density at radius 1 is 1.19 bits per heavy atom. The van der Waals surface area contributed by atoms with Gasteiger partial charge in [-0.25, -0.2) is 9.07 Å². The summed E-state index contributed by atoms with van der Waals surface area (Å²) in [5.41, 5.74) is 0.702. The second kappa shape index (κ2) is 8.46. The first-order chi connectivity index (χ1) is 17.8. The van der Waals surface area contributed by atoms with Crippen LogP contribution in [0.25, 0.3) is 10.9 Å². The molecule has 2 fully saturated rings. The first-order valence-electron chi connectivity index (χ1n) is 11.8. The van der Waals surface area contributed by atoms with E-state index in [0.717, 1.165) is 12.8 Å². The number of nitrogens with zero attached hydrogens (tertiary/aromatic N) is 6. The van der Waals surface area contributed by atoms with Crippen molar-refractivity contribution in [2.75, 3.05) is 10.6 Å². The highest BCUT2D eigenvalue weighted by molar-refractivity contribution is 6.36. The zero-order valence-corrected chi connectivity index (χ0v) is 20.3. The second-order valence-corrected chi connectivity index (χ2v) is 9.99. The standard InChI is InChI=1S/C26H19BClFN8/c27-26(16-1-3-17(29)4-2-16,22-13-37(36-35-22)19-5-6-19)33-18-9-20-23(34-25(14-31)7-8-25)15(11-30)12-32-24(20)21(28)10-18/h1-4,9-10,12-13,19,33H,5-8H2,(H,32,34). The van der Waals surface area contributed by atoms with Crippen molar-refractivity contribution in [2.24, 2.45) is 0 Å². The molecule has 2 N–H and O–H groups in total. The Labute approximate surface area is 218 Å². The Morgan fingerprint density at radius 3 is 2.59 bits per heavy atom. The van der Waals surface area contributed by atoms with E-state index >= 15 is 0 Å². The van der Waals surface area contributed by atoms with Crippen molar-refractivity contribution >= 4 is 41.7 Å². The fourth-order valence-corrected chi connectivity index (χ4v) is 4.65. The number of rotatable bonds is 7. The molecule has 1 unspecified atom stereocenters. The summed E-state index contributed by atoms with van der Waals surface area (Å²) >= 11 is 6.65. The summed E-state index contributed by atoms with van der Waals surface area (Å²) in [6.45, 7) is 0. The Balaban J connectivity index is 1.48. The van der Waals surface area contributed by atoms with Gasteiger partial charge in [0, 0.05) is 17.3 Å². The van der Waals surface area contributed by atoms with E-state index in [1.54, 1.807) is 35.1 Å². The predicted octanol–water partition coefficient (Wildman–Crippen LogP) is 4.78. The zero-order chi connectivity index (χ0) is 25.8. The predicted molar refractivity (Wildman–Crippen MR) is 138 cm³/mol. The summed E-state index contributed by atoms with van der Waals surface area (Å²) in [7, 11) is 6.96. The van der Waals surface area contributed by atoms with Crippen LogP contribution in [0.1, 0.15) is 48.5 Å². The highest BCUT2D eigenvalue weighted by atomic mass is 35.5. The minimum Gasteiger partial charge on any atom is -0.378 e. The Kier molecular flexibility index (Phi) is 5.32. The molecule has 2 saturated carbocycles. The van der Waals surface area contributed by atoms with Crippen LogP contribution in [0.5, 0.6) is 0 Å². The van der Waals surface area contributed by atoms with E-state index in [0.29, 0.717) is 63.0 Å². The van der Waals surface area contributed by atoms with Crippen LogP contribution in [0.3, 0.4) is 0 Å². The number of benzene rings is 2. The summed E-state index contributed by atoms with van der Waals surface area (Å²) in [4.78, 5) is 4.38. The van der Waals surface area contributed by atoms with Crippen LogP contribution < -0.4 is 10.6 Å². The number of anilines is 2. The molecule has 2 aliphatic carbocycles. The van der Waals surface area contributed by atoms with Crippen molar-refractivity contribution in [2.45, 2.75) is 42.7 Å². The third-order valence-electron chi connectivity index (χ3n) is 6.85. The first kappa shape index (κ1) is 23.3. The fourth-order valence-electron chi connectivity index (χ4n) is 4.38. The molecule has 2 heterocycles. The minimum absolute atomic E-state index is 0.298. The molecule has 2 radical (unpaired) electrons. The van der Waals surface area contributed by atoms with Gasteiger partial charge in [-0.05, 0) is 55.5 Å². The van der Waals surface area contributed by atoms with Crippen molar-refractivity contribution in [3.63, 3.8) is 0 Å². The number of nitrogens with one attached hydrogen (secondary N) is 2. The summed E-state index contributed by atoms with van der Waals surface area (Å²) in [5.74, 6) is -0.390. The van der Waals surface area contributed by atoms with Crippen LogP contribution in [0, 0.1) is 28.5 Å². The summed E-state index contributed by atoms with van der Waals surface area (Å²) in [6.07, 6.45) is 6.65. The SMILES string of the molecule is [B]C(Nc1cc(Cl)c2ncc(C#N)c(NC3(C#N)CC3)c2c1)(c1ccc(F)cc1)c1cn(C2CC2)nn1. The molecule has 37 heavy (non-hydrogen) atoms. The van der Waals surface area contributed by atoms with Gasteiger partial charge < -0.3 is 10.6 Å². The summed E-state index contributed by atoms with van der Waals surface area (Å²) < 4.78 is 15.6. The smallest absolute Gasteiger partial charge is 0.125 e. The molecule has 0 spiro atoms. The lowest BCUT2D eigenvalue weighted by atomic mass is 9.69. The quantitative estimate of drug-likeness (QED) is 0.345. The molecule has 1 atom stereocenters.